The van der Waals surface area contributed by atoms with Crippen molar-refractivity contribution in [1.82, 2.24) is 0 Å². The van der Waals surface area contributed by atoms with E-state index in [0.717, 1.165) is 0 Å². The van der Waals surface area contributed by atoms with Crippen LogP contribution in [0.25, 0.3) is 0 Å². The summed E-state index contributed by atoms with van der Waals surface area (Å²) in [6.07, 6.45) is 23.1. The predicted octanol–water partition coefficient (Wildman–Crippen LogP) is 4.81. The zero-order valence-electron chi connectivity index (χ0n) is 10.3. The molecular weight excluding hydrogens is 208 g/mol. The van der Waals surface area contributed by atoms with Gasteiger partial charge in [0.15, 0.2) is 0 Å². The fraction of sp³-hybridized carbons (Fsp3) is 0.125. The molecule has 0 amide bonds. The average molecular weight is 228 g/mol. The molecule has 0 aliphatic rings. The van der Waals surface area contributed by atoms with Crippen molar-refractivity contribution in [3.05, 3.63) is 85.3 Å². The van der Waals surface area contributed by atoms with Gasteiger partial charge in [0, 0.05) is 6.42 Å². The summed E-state index contributed by atoms with van der Waals surface area (Å²) in [6, 6.07) is 0. The van der Waals surface area contributed by atoms with Crippen LogP contribution >= 0.6 is 0 Å². The van der Waals surface area contributed by atoms with E-state index in [2.05, 4.69) is 6.58 Å². The molecule has 0 spiro atoms. The van der Waals surface area contributed by atoms with Gasteiger partial charge in [0.1, 0.15) is 0 Å². The van der Waals surface area contributed by atoms with Crippen LogP contribution in [0.1, 0.15) is 13.3 Å². The largest absolute Gasteiger partial charge is 0.512 e. The summed E-state index contributed by atoms with van der Waals surface area (Å²) in [4.78, 5) is 0. The van der Waals surface area contributed by atoms with Crippen molar-refractivity contribution in [3.8, 4) is 0 Å². The van der Waals surface area contributed by atoms with Crippen LogP contribution in [-0.4, -0.2) is 5.11 Å². The smallest absolute Gasteiger partial charge is 0.0919 e. The fourth-order valence-corrected chi connectivity index (χ4v) is 0.876. The Morgan fingerprint density at radius 1 is 0.824 bits per heavy atom. The van der Waals surface area contributed by atoms with Gasteiger partial charge in [0.25, 0.3) is 0 Å². The molecule has 0 radical (unpaired) electrons. The number of aliphatic hydroxyl groups excluding tert-OH is 1. The second-order valence-electron chi connectivity index (χ2n) is 3.17. The number of allylic oxidation sites excluding steroid dienone is 13. The van der Waals surface area contributed by atoms with Crippen LogP contribution in [-0.2, 0) is 0 Å². The number of hydrogen-bond acceptors (Lipinski definition) is 1. The highest BCUT2D eigenvalue weighted by molar-refractivity contribution is 5.20. The second kappa shape index (κ2) is 12.1. The number of hydrogen-bond donors (Lipinski definition) is 1. The molecule has 0 saturated heterocycles. The first kappa shape index (κ1) is 15.0. The minimum atomic E-state index is 0.391. The van der Waals surface area contributed by atoms with E-state index in [-0.39, 0.29) is 0 Å². The Morgan fingerprint density at radius 2 is 1.24 bits per heavy atom. The molecule has 0 atom stereocenters. The highest BCUT2D eigenvalue weighted by atomic mass is 16.3. The molecule has 0 aromatic heterocycles. The van der Waals surface area contributed by atoms with Crippen molar-refractivity contribution in [2.45, 2.75) is 13.3 Å². The Labute approximate surface area is 104 Å². The van der Waals surface area contributed by atoms with Crippen LogP contribution in [0.2, 0.25) is 0 Å². The van der Waals surface area contributed by atoms with Gasteiger partial charge >= 0.3 is 0 Å². The summed E-state index contributed by atoms with van der Waals surface area (Å²) in [7, 11) is 0. The molecule has 1 nitrogen and oxygen atoms in total. The van der Waals surface area contributed by atoms with Crippen LogP contribution in [0.15, 0.2) is 85.3 Å². The fourth-order valence-electron chi connectivity index (χ4n) is 0.876. The van der Waals surface area contributed by atoms with Gasteiger partial charge < -0.3 is 5.11 Å². The summed E-state index contributed by atoms with van der Waals surface area (Å²) in [5.41, 5.74) is 0. The third-order valence-electron chi connectivity index (χ3n) is 1.79. The number of aliphatic hydroxyl groups is 1. The van der Waals surface area contributed by atoms with E-state index in [1.165, 1.54) is 0 Å². The quantitative estimate of drug-likeness (QED) is 0.490. The van der Waals surface area contributed by atoms with Gasteiger partial charge in [0.2, 0.25) is 0 Å². The predicted molar refractivity (Wildman–Crippen MR) is 76.9 cm³/mol. The normalized spacial score (nSPS) is 14.1. The molecular formula is C16H20O. The lowest BCUT2D eigenvalue weighted by Crippen LogP contribution is -1.72. The van der Waals surface area contributed by atoms with E-state index in [9.17, 15) is 0 Å². The standard InChI is InChI=1S/C16H20O/c1-3-5-6-7-8-9-10-11-12-13-14-15-16(17)4-2/h3,5-15,17H,1,4H2,2H3. The van der Waals surface area contributed by atoms with Crippen LogP contribution in [0.3, 0.4) is 0 Å². The Morgan fingerprint density at radius 3 is 1.65 bits per heavy atom. The summed E-state index contributed by atoms with van der Waals surface area (Å²) in [5, 5.41) is 9.15. The Bertz CT molecular complexity index is 363. The molecule has 0 aliphatic carbocycles. The first-order valence-corrected chi connectivity index (χ1v) is 5.65. The summed E-state index contributed by atoms with van der Waals surface area (Å²) in [6.45, 7) is 5.48. The first-order valence-electron chi connectivity index (χ1n) is 5.65. The van der Waals surface area contributed by atoms with Gasteiger partial charge in [-0.15, -0.1) is 0 Å². The molecule has 0 bridgehead atoms. The van der Waals surface area contributed by atoms with Crippen LogP contribution in [0.5, 0.6) is 0 Å². The number of rotatable bonds is 7. The second-order valence-corrected chi connectivity index (χ2v) is 3.17. The Kier molecular flexibility index (Phi) is 10.6. The van der Waals surface area contributed by atoms with Crippen LogP contribution in [0, 0.1) is 0 Å². The van der Waals surface area contributed by atoms with E-state index in [0.29, 0.717) is 12.2 Å². The third-order valence-corrected chi connectivity index (χ3v) is 1.79. The lowest BCUT2D eigenvalue weighted by molar-refractivity contribution is 0.395. The maximum atomic E-state index is 9.15. The SMILES string of the molecule is C=CC=CC=CC=CC=CC=CC=C(O)CC. The monoisotopic (exact) mass is 228 g/mol. The molecule has 17 heavy (non-hydrogen) atoms. The van der Waals surface area contributed by atoms with Gasteiger partial charge in [-0.3, -0.25) is 0 Å². The van der Waals surface area contributed by atoms with Crippen molar-refractivity contribution in [2.24, 2.45) is 0 Å². The zero-order chi connectivity index (χ0) is 12.8. The molecule has 0 heterocycles. The van der Waals surface area contributed by atoms with E-state index >= 15 is 0 Å². The van der Waals surface area contributed by atoms with Crippen molar-refractivity contribution >= 4 is 0 Å². The average Bonchev–Trinajstić information content (AvgIpc) is 2.35. The highest BCUT2D eigenvalue weighted by Crippen LogP contribution is 1.94. The molecule has 0 saturated carbocycles. The van der Waals surface area contributed by atoms with Crippen molar-refractivity contribution in [2.75, 3.05) is 0 Å². The topological polar surface area (TPSA) is 20.2 Å². The van der Waals surface area contributed by atoms with Crippen LogP contribution < -0.4 is 0 Å². The van der Waals surface area contributed by atoms with Crippen molar-refractivity contribution in [3.63, 3.8) is 0 Å². The van der Waals surface area contributed by atoms with E-state index in [4.69, 9.17) is 5.11 Å². The molecule has 0 fully saturated rings. The zero-order valence-corrected chi connectivity index (χ0v) is 10.3. The van der Waals surface area contributed by atoms with Gasteiger partial charge in [0.05, 0.1) is 5.76 Å². The molecule has 0 aliphatic heterocycles. The lowest BCUT2D eigenvalue weighted by Gasteiger charge is -1.87. The summed E-state index contributed by atoms with van der Waals surface area (Å²) >= 11 is 0. The minimum absolute atomic E-state index is 0.391. The highest BCUT2D eigenvalue weighted by Gasteiger charge is 1.79. The van der Waals surface area contributed by atoms with Gasteiger partial charge in [-0.25, -0.2) is 0 Å². The molecule has 0 unspecified atom stereocenters. The molecule has 90 valence electrons. The molecule has 1 heteroatoms. The van der Waals surface area contributed by atoms with Gasteiger partial charge in [-0.1, -0.05) is 80.3 Å². The van der Waals surface area contributed by atoms with E-state index in [1.807, 2.05) is 67.7 Å². The van der Waals surface area contributed by atoms with E-state index < -0.39 is 0 Å². The van der Waals surface area contributed by atoms with E-state index in [1.54, 1.807) is 12.2 Å². The lowest BCUT2D eigenvalue weighted by atomic mass is 10.3. The maximum absolute atomic E-state index is 9.15. The third kappa shape index (κ3) is 11.9. The van der Waals surface area contributed by atoms with Gasteiger partial charge in [-0.2, -0.15) is 0 Å². The molecule has 0 aromatic rings. The first-order chi connectivity index (χ1) is 8.31. The van der Waals surface area contributed by atoms with Crippen molar-refractivity contribution < 1.29 is 5.11 Å². The van der Waals surface area contributed by atoms with Crippen molar-refractivity contribution in [1.29, 1.82) is 0 Å². The van der Waals surface area contributed by atoms with Crippen LogP contribution in [0.4, 0.5) is 0 Å². The minimum Gasteiger partial charge on any atom is -0.512 e. The Balaban J connectivity index is 3.88. The van der Waals surface area contributed by atoms with Gasteiger partial charge in [-0.05, 0) is 6.08 Å². The molecule has 1 N–H and O–H groups in total. The Hall–Kier alpha value is -2.02. The summed E-state index contributed by atoms with van der Waals surface area (Å²) < 4.78 is 0. The molecule has 0 rings (SSSR count). The maximum Gasteiger partial charge on any atom is 0.0919 e. The summed E-state index contributed by atoms with van der Waals surface area (Å²) in [5.74, 6) is 0.391. The molecule has 0 aromatic carbocycles.